The van der Waals surface area contributed by atoms with Gasteiger partial charge in [0.15, 0.2) is 0 Å². The highest BCUT2D eigenvalue weighted by molar-refractivity contribution is 5.35. The molecule has 0 amide bonds. The third-order valence-electron chi connectivity index (χ3n) is 2.97. The molecule has 0 aromatic heterocycles. The van der Waals surface area contributed by atoms with Gasteiger partial charge in [-0.25, -0.2) is 4.39 Å². The Morgan fingerprint density at radius 3 is 2.25 bits per heavy atom. The van der Waals surface area contributed by atoms with E-state index >= 15 is 0 Å². The van der Waals surface area contributed by atoms with Crippen LogP contribution in [0.2, 0.25) is 0 Å². The quantitative estimate of drug-likeness (QED) is 0.748. The number of unbranched alkanes of at least 4 members (excludes halogenated alkanes) is 2. The average molecular weight is 224 g/mol. The van der Waals surface area contributed by atoms with Gasteiger partial charge in [0.1, 0.15) is 5.82 Å². The van der Waals surface area contributed by atoms with Gasteiger partial charge < -0.3 is 5.11 Å². The van der Waals surface area contributed by atoms with E-state index in [0.717, 1.165) is 42.4 Å². The Balaban J connectivity index is 2.78. The van der Waals surface area contributed by atoms with E-state index in [0.29, 0.717) is 0 Å². The molecule has 0 saturated heterocycles. The number of benzene rings is 1. The Hall–Kier alpha value is -0.890. The molecular formula is C14H21FO. The number of aliphatic hydroxyl groups is 1. The van der Waals surface area contributed by atoms with Crippen molar-refractivity contribution in [2.45, 2.75) is 52.6 Å². The first-order valence-corrected chi connectivity index (χ1v) is 6.01. The largest absolute Gasteiger partial charge is 0.388 e. The molecule has 1 nitrogen and oxygen atoms in total. The van der Waals surface area contributed by atoms with Gasteiger partial charge >= 0.3 is 0 Å². The smallest absolute Gasteiger partial charge is 0.123 e. The lowest BCUT2D eigenvalue weighted by molar-refractivity contribution is 0.162. The Labute approximate surface area is 97.3 Å². The van der Waals surface area contributed by atoms with E-state index in [4.69, 9.17) is 0 Å². The molecule has 1 atom stereocenters. The van der Waals surface area contributed by atoms with Crippen LogP contribution in [0.3, 0.4) is 0 Å². The lowest BCUT2D eigenvalue weighted by Gasteiger charge is -2.16. The number of rotatable bonds is 5. The van der Waals surface area contributed by atoms with Crippen molar-refractivity contribution in [1.82, 2.24) is 0 Å². The highest BCUT2D eigenvalue weighted by Gasteiger charge is 2.13. The molecule has 0 aliphatic heterocycles. The molecule has 0 aliphatic carbocycles. The molecule has 1 aromatic carbocycles. The van der Waals surface area contributed by atoms with Crippen LogP contribution < -0.4 is 0 Å². The van der Waals surface area contributed by atoms with Gasteiger partial charge in [0.05, 0.1) is 6.10 Å². The van der Waals surface area contributed by atoms with Gasteiger partial charge in [0.2, 0.25) is 0 Å². The fourth-order valence-electron chi connectivity index (χ4n) is 2.18. The second kappa shape index (κ2) is 6.00. The first-order valence-electron chi connectivity index (χ1n) is 6.01. The van der Waals surface area contributed by atoms with Crippen molar-refractivity contribution in [2.75, 3.05) is 0 Å². The van der Waals surface area contributed by atoms with Gasteiger partial charge in [-0.2, -0.15) is 0 Å². The van der Waals surface area contributed by atoms with E-state index in [9.17, 15) is 9.50 Å². The molecule has 0 spiro atoms. The van der Waals surface area contributed by atoms with Gasteiger partial charge in [-0.15, -0.1) is 0 Å². The summed E-state index contributed by atoms with van der Waals surface area (Å²) < 4.78 is 13.1. The second-order valence-electron chi connectivity index (χ2n) is 4.46. The molecule has 1 rings (SSSR count). The summed E-state index contributed by atoms with van der Waals surface area (Å²) in [5, 5.41) is 10.1. The van der Waals surface area contributed by atoms with Crippen molar-refractivity contribution in [3.8, 4) is 0 Å². The van der Waals surface area contributed by atoms with Crippen LogP contribution in [0.4, 0.5) is 4.39 Å². The van der Waals surface area contributed by atoms with Crippen LogP contribution in [0, 0.1) is 19.7 Å². The van der Waals surface area contributed by atoms with Crippen molar-refractivity contribution < 1.29 is 9.50 Å². The summed E-state index contributed by atoms with van der Waals surface area (Å²) in [5.41, 5.74) is 2.60. The number of hydrogen-bond acceptors (Lipinski definition) is 1. The predicted molar refractivity (Wildman–Crippen MR) is 65.0 cm³/mol. The van der Waals surface area contributed by atoms with Crippen LogP contribution in [0.5, 0.6) is 0 Å². The van der Waals surface area contributed by atoms with Crippen LogP contribution in [0.1, 0.15) is 55.4 Å². The Kier molecular flexibility index (Phi) is 4.94. The topological polar surface area (TPSA) is 20.2 Å². The Morgan fingerprint density at radius 1 is 1.19 bits per heavy atom. The van der Waals surface area contributed by atoms with Crippen molar-refractivity contribution >= 4 is 0 Å². The van der Waals surface area contributed by atoms with Gasteiger partial charge in [0.25, 0.3) is 0 Å². The number of aliphatic hydroxyl groups excluding tert-OH is 1. The van der Waals surface area contributed by atoms with Crippen molar-refractivity contribution in [2.24, 2.45) is 0 Å². The molecule has 0 aliphatic rings. The normalized spacial score (nSPS) is 12.8. The summed E-state index contributed by atoms with van der Waals surface area (Å²) >= 11 is 0. The summed E-state index contributed by atoms with van der Waals surface area (Å²) in [4.78, 5) is 0. The zero-order chi connectivity index (χ0) is 12.1. The maximum absolute atomic E-state index is 13.1. The zero-order valence-electron chi connectivity index (χ0n) is 10.4. The standard InChI is InChI=1S/C14H21FO/c1-4-5-6-7-13(16)14-10(2)8-12(15)9-11(14)3/h8-9,13,16H,4-7H2,1-3H3. The van der Waals surface area contributed by atoms with Crippen molar-refractivity contribution in [3.05, 3.63) is 34.6 Å². The van der Waals surface area contributed by atoms with E-state index in [-0.39, 0.29) is 5.82 Å². The van der Waals surface area contributed by atoms with Gasteiger partial charge in [-0.1, -0.05) is 26.2 Å². The summed E-state index contributed by atoms with van der Waals surface area (Å²) in [6, 6.07) is 2.98. The SMILES string of the molecule is CCCCCC(O)c1c(C)cc(F)cc1C. The summed E-state index contributed by atoms with van der Waals surface area (Å²) in [6.07, 6.45) is 3.62. The van der Waals surface area contributed by atoms with Crippen LogP contribution in [0.15, 0.2) is 12.1 Å². The monoisotopic (exact) mass is 224 g/mol. The fourth-order valence-corrected chi connectivity index (χ4v) is 2.18. The minimum atomic E-state index is -0.452. The predicted octanol–water partition coefficient (Wildman–Crippen LogP) is 4.06. The van der Waals surface area contributed by atoms with E-state index in [1.165, 1.54) is 12.1 Å². The molecule has 0 saturated carbocycles. The highest BCUT2D eigenvalue weighted by atomic mass is 19.1. The maximum atomic E-state index is 13.1. The van der Waals surface area contributed by atoms with Gasteiger partial charge in [0, 0.05) is 0 Å². The molecular weight excluding hydrogens is 203 g/mol. The Bertz CT molecular complexity index is 324. The minimum Gasteiger partial charge on any atom is -0.388 e. The van der Waals surface area contributed by atoms with Gasteiger partial charge in [-0.3, -0.25) is 0 Å². The van der Waals surface area contributed by atoms with E-state index in [2.05, 4.69) is 6.92 Å². The first kappa shape index (κ1) is 13.2. The molecule has 16 heavy (non-hydrogen) atoms. The average Bonchev–Trinajstić information content (AvgIpc) is 2.16. The molecule has 90 valence electrons. The molecule has 0 fully saturated rings. The lowest BCUT2D eigenvalue weighted by atomic mass is 9.94. The third kappa shape index (κ3) is 3.31. The Morgan fingerprint density at radius 2 is 1.75 bits per heavy atom. The summed E-state index contributed by atoms with van der Waals surface area (Å²) in [5.74, 6) is -0.223. The molecule has 0 heterocycles. The molecule has 0 bridgehead atoms. The fraction of sp³-hybridized carbons (Fsp3) is 0.571. The minimum absolute atomic E-state index is 0.223. The summed E-state index contributed by atoms with van der Waals surface area (Å²) in [7, 11) is 0. The van der Waals surface area contributed by atoms with Crippen LogP contribution in [-0.2, 0) is 0 Å². The van der Waals surface area contributed by atoms with Crippen molar-refractivity contribution in [1.29, 1.82) is 0 Å². The number of aryl methyl sites for hydroxylation is 2. The zero-order valence-corrected chi connectivity index (χ0v) is 10.4. The third-order valence-corrected chi connectivity index (χ3v) is 2.97. The first-order chi connectivity index (χ1) is 7.56. The molecule has 0 radical (unpaired) electrons. The van der Waals surface area contributed by atoms with Crippen LogP contribution in [0.25, 0.3) is 0 Å². The lowest BCUT2D eigenvalue weighted by Crippen LogP contribution is -2.03. The number of hydrogen-bond donors (Lipinski definition) is 1. The van der Waals surface area contributed by atoms with E-state index < -0.39 is 6.10 Å². The van der Waals surface area contributed by atoms with Gasteiger partial charge in [-0.05, 0) is 49.1 Å². The second-order valence-corrected chi connectivity index (χ2v) is 4.46. The van der Waals surface area contributed by atoms with Crippen molar-refractivity contribution in [3.63, 3.8) is 0 Å². The summed E-state index contributed by atoms with van der Waals surface area (Å²) in [6.45, 7) is 5.85. The number of halogens is 1. The van der Waals surface area contributed by atoms with Crippen LogP contribution in [-0.4, -0.2) is 5.11 Å². The maximum Gasteiger partial charge on any atom is 0.123 e. The highest BCUT2D eigenvalue weighted by Crippen LogP contribution is 2.26. The molecule has 1 aromatic rings. The molecule has 2 heteroatoms. The molecule has 1 N–H and O–H groups in total. The van der Waals surface area contributed by atoms with E-state index in [1.807, 2.05) is 13.8 Å². The van der Waals surface area contributed by atoms with E-state index in [1.54, 1.807) is 0 Å². The van der Waals surface area contributed by atoms with Crippen LogP contribution >= 0.6 is 0 Å². The molecule has 1 unspecified atom stereocenters.